The lowest BCUT2D eigenvalue weighted by Crippen LogP contribution is -2.50. The molecule has 3 N–H and O–H groups in total. The van der Waals surface area contributed by atoms with Crippen LogP contribution in [0.15, 0.2) is 4.99 Å². The normalized spacial score (nSPS) is 29.0. The molecule has 7 nitrogen and oxygen atoms in total. The van der Waals surface area contributed by atoms with Gasteiger partial charge in [-0.1, -0.05) is 0 Å². The van der Waals surface area contributed by atoms with Gasteiger partial charge in [0.15, 0.2) is 0 Å². The molecule has 0 bridgehead atoms. The van der Waals surface area contributed by atoms with Crippen molar-refractivity contribution in [2.24, 2.45) is 10.7 Å². The van der Waals surface area contributed by atoms with Crippen LogP contribution in [0.2, 0.25) is 0 Å². The Morgan fingerprint density at radius 1 is 1.04 bits per heavy atom. The first kappa shape index (κ1) is 15.9. The minimum Gasteiger partial charge on any atom is -0.383 e. The average molecular weight is 331 g/mol. The van der Waals surface area contributed by atoms with Crippen molar-refractivity contribution in [1.29, 1.82) is 0 Å². The Hall–Kier alpha value is -1.60. The first-order valence-electron chi connectivity index (χ1n) is 9.19. The van der Waals surface area contributed by atoms with Gasteiger partial charge in [0, 0.05) is 32.2 Å². The van der Waals surface area contributed by atoms with E-state index in [9.17, 15) is 0 Å². The number of fused-ring (bicyclic) bond motifs is 1. The molecule has 1 saturated heterocycles. The summed E-state index contributed by atoms with van der Waals surface area (Å²) >= 11 is 0. The molecule has 1 aliphatic carbocycles. The van der Waals surface area contributed by atoms with E-state index in [1.54, 1.807) is 0 Å². The van der Waals surface area contributed by atoms with Gasteiger partial charge in [0.1, 0.15) is 18.3 Å². The van der Waals surface area contributed by atoms with Gasteiger partial charge in [-0.05, 0) is 39.7 Å². The third kappa shape index (κ3) is 2.80. The smallest absolute Gasteiger partial charge is 0.137 e. The van der Waals surface area contributed by atoms with E-state index in [2.05, 4.69) is 31.8 Å². The average Bonchev–Trinajstić information content (AvgIpc) is 2.94. The van der Waals surface area contributed by atoms with Crippen LogP contribution in [-0.2, 0) is 0 Å². The Labute approximate surface area is 143 Å². The highest BCUT2D eigenvalue weighted by molar-refractivity contribution is 6.04. The maximum Gasteiger partial charge on any atom is 0.137 e. The molecule has 7 heteroatoms. The number of amidine groups is 1. The van der Waals surface area contributed by atoms with E-state index in [-0.39, 0.29) is 0 Å². The second-order valence-electron chi connectivity index (χ2n) is 7.43. The summed E-state index contributed by atoms with van der Waals surface area (Å²) in [6, 6.07) is 1.23. The van der Waals surface area contributed by atoms with Crippen LogP contribution in [0, 0.1) is 6.92 Å². The number of piperazine rings is 1. The van der Waals surface area contributed by atoms with Gasteiger partial charge in [-0.25, -0.2) is 9.67 Å². The van der Waals surface area contributed by atoms with Gasteiger partial charge in [-0.2, -0.15) is 5.10 Å². The molecule has 24 heavy (non-hydrogen) atoms. The Morgan fingerprint density at radius 2 is 1.71 bits per heavy atom. The molecule has 1 aromatic rings. The number of anilines is 1. The fraction of sp³-hybridized carbons (Fsp3) is 0.765. The maximum absolute atomic E-state index is 6.07. The van der Waals surface area contributed by atoms with E-state index in [1.165, 1.54) is 51.9 Å². The van der Waals surface area contributed by atoms with Crippen molar-refractivity contribution in [1.82, 2.24) is 19.6 Å². The largest absolute Gasteiger partial charge is 0.383 e. The van der Waals surface area contributed by atoms with Crippen molar-refractivity contribution < 1.29 is 0 Å². The number of nitrogens with one attached hydrogen (secondary N) is 1. The van der Waals surface area contributed by atoms with Crippen molar-refractivity contribution >= 4 is 11.7 Å². The molecule has 0 amide bonds. The van der Waals surface area contributed by atoms with Gasteiger partial charge in [0.25, 0.3) is 0 Å². The van der Waals surface area contributed by atoms with Gasteiger partial charge in [-0.3, -0.25) is 4.90 Å². The van der Waals surface area contributed by atoms with E-state index in [0.29, 0.717) is 18.5 Å². The molecule has 3 heterocycles. The Bertz CT molecular complexity index is 619. The van der Waals surface area contributed by atoms with Crippen LogP contribution in [0.5, 0.6) is 0 Å². The summed E-state index contributed by atoms with van der Waals surface area (Å²) in [5.74, 6) is 1.70. The highest BCUT2D eigenvalue weighted by Gasteiger charge is 2.31. The summed E-state index contributed by atoms with van der Waals surface area (Å²) in [7, 11) is 2.22. The third-order valence-electron chi connectivity index (χ3n) is 5.90. The molecule has 2 fully saturated rings. The molecule has 0 spiro atoms. The Morgan fingerprint density at radius 3 is 2.42 bits per heavy atom. The number of aliphatic imine (C=N–C) groups is 1. The summed E-state index contributed by atoms with van der Waals surface area (Å²) < 4.78 is 2.19. The molecule has 0 atom stereocenters. The van der Waals surface area contributed by atoms with Gasteiger partial charge in [-0.15, -0.1) is 0 Å². The molecular formula is C17H29N7. The number of hydrogen-bond acceptors (Lipinski definition) is 6. The Balaban J connectivity index is 1.43. The molecule has 1 aromatic heterocycles. The maximum atomic E-state index is 6.07. The van der Waals surface area contributed by atoms with Crippen LogP contribution in [0.3, 0.4) is 0 Å². The van der Waals surface area contributed by atoms with E-state index in [0.717, 1.165) is 23.1 Å². The summed E-state index contributed by atoms with van der Waals surface area (Å²) in [5.41, 5.74) is 8.05. The summed E-state index contributed by atoms with van der Waals surface area (Å²) in [4.78, 5) is 9.42. The minimum absolute atomic E-state index is 0.481. The zero-order valence-corrected chi connectivity index (χ0v) is 14.8. The SMILES string of the molecule is Cc1nn(C2CCC(N3CCN(C)CC3)CC2)c2c1C(N)=NCN2. The molecule has 0 unspecified atom stereocenters. The monoisotopic (exact) mass is 331 g/mol. The van der Waals surface area contributed by atoms with Crippen LogP contribution in [-0.4, -0.2) is 71.4 Å². The second kappa shape index (κ2) is 6.37. The topological polar surface area (TPSA) is 74.7 Å². The van der Waals surface area contributed by atoms with Crippen molar-refractivity contribution in [3.8, 4) is 0 Å². The molecule has 0 aromatic carbocycles. The van der Waals surface area contributed by atoms with Gasteiger partial charge in [0.05, 0.1) is 17.3 Å². The van der Waals surface area contributed by atoms with E-state index in [1.807, 2.05) is 6.92 Å². The third-order valence-corrected chi connectivity index (χ3v) is 5.90. The van der Waals surface area contributed by atoms with E-state index < -0.39 is 0 Å². The molecule has 3 aliphatic rings. The number of nitrogens with two attached hydrogens (primary N) is 1. The molecule has 132 valence electrons. The number of aryl methyl sites for hydroxylation is 1. The molecule has 0 radical (unpaired) electrons. The van der Waals surface area contributed by atoms with E-state index in [4.69, 9.17) is 10.8 Å². The van der Waals surface area contributed by atoms with Crippen molar-refractivity contribution in [3.63, 3.8) is 0 Å². The van der Waals surface area contributed by atoms with Gasteiger partial charge < -0.3 is 16.0 Å². The van der Waals surface area contributed by atoms with Crippen molar-refractivity contribution in [2.75, 3.05) is 45.2 Å². The molecular weight excluding hydrogens is 302 g/mol. The second-order valence-corrected chi connectivity index (χ2v) is 7.43. The van der Waals surface area contributed by atoms with Crippen molar-refractivity contribution in [2.45, 2.75) is 44.7 Å². The lowest BCUT2D eigenvalue weighted by Gasteiger charge is -2.41. The van der Waals surface area contributed by atoms with Crippen LogP contribution < -0.4 is 11.1 Å². The minimum atomic E-state index is 0.481. The first-order chi connectivity index (χ1) is 11.6. The molecule has 1 saturated carbocycles. The number of rotatable bonds is 2. The number of nitrogens with zero attached hydrogens (tertiary/aromatic N) is 5. The predicted molar refractivity (Wildman–Crippen MR) is 96.5 cm³/mol. The lowest BCUT2D eigenvalue weighted by atomic mass is 9.90. The van der Waals surface area contributed by atoms with Crippen LogP contribution in [0.4, 0.5) is 5.82 Å². The number of aromatic nitrogens is 2. The summed E-state index contributed by atoms with van der Waals surface area (Å²) in [6.45, 7) is 7.43. The fourth-order valence-corrected chi connectivity index (χ4v) is 4.42. The van der Waals surface area contributed by atoms with E-state index >= 15 is 0 Å². The zero-order chi connectivity index (χ0) is 16.7. The highest BCUT2D eigenvalue weighted by atomic mass is 15.4. The summed E-state index contributed by atoms with van der Waals surface area (Å²) in [6.07, 6.45) is 4.93. The fourth-order valence-electron chi connectivity index (χ4n) is 4.42. The quantitative estimate of drug-likeness (QED) is 0.846. The molecule has 2 aliphatic heterocycles. The number of likely N-dealkylation sites (N-methyl/N-ethyl adjacent to an activating group) is 1. The predicted octanol–water partition coefficient (Wildman–Crippen LogP) is 1.01. The standard InChI is InChI=1S/C17H29N7/c1-12-15-16(18)19-11-20-17(15)24(21-12)14-5-3-13(4-6-14)23-9-7-22(2)8-10-23/h13-14,20H,3-11H2,1-2H3,(H2,18,19). The van der Waals surface area contributed by atoms with Gasteiger partial charge >= 0.3 is 0 Å². The van der Waals surface area contributed by atoms with Crippen molar-refractivity contribution in [3.05, 3.63) is 11.3 Å². The van der Waals surface area contributed by atoms with Crippen LogP contribution >= 0.6 is 0 Å². The number of hydrogen-bond donors (Lipinski definition) is 2. The van der Waals surface area contributed by atoms with Crippen LogP contribution in [0.1, 0.15) is 43.0 Å². The zero-order valence-electron chi connectivity index (χ0n) is 14.8. The highest BCUT2D eigenvalue weighted by Crippen LogP contribution is 2.35. The van der Waals surface area contributed by atoms with Gasteiger partial charge in [0.2, 0.25) is 0 Å². The molecule has 4 rings (SSSR count). The van der Waals surface area contributed by atoms with Crippen LogP contribution in [0.25, 0.3) is 0 Å². The Kier molecular flexibility index (Phi) is 4.22. The lowest BCUT2D eigenvalue weighted by molar-refractivity contribution is 0.0813. The summed E-state index contributed by atoms with van der Waals surface area (Å²) in [5, 5.41) is 8.16. The first-order valence-corrected chi connectivity index (χ1v) is 9.19.